The maximum Gasteiger partial charge on any atom is 0.336 e. The van der Waals surface area contributed by atoms with Gasteiger partial charge in [-0.25, -0.2) is 4.79 Å². The lowest BCUT2D eigenvalue weighted by Crippen LogP contribution is -2.08. The van der Waals surface area contributed by atoms with E-state index in [0.717, 1.165) is 16.9 Å². The van der Waals surface area contributed by atoms with E-state index >= 15 is 0 Å². The van der Waals surface area contributed by atoms with Crippen molar-refractivity contribution in [2.45, 2.75) is 6.92 Å². The van der Waals surface area contributed by atoms with Gasteiger partial charge in [0.2, 0.25) is 5.78 Å². The normalized spacial score (nSPS) is 10.3. The van der Waals surface area contributed by atoms with Crippen molar-refractivity contribution in [3.05, 3.63) is 56.2 Å². The van der Waals surface area contributed by atoms with Crippen molar-refractivity contribution in [3.63, 3.8) is 0 Å². The molecule has 0 aliphatic carbocycles. The van der Waals surface area contributed by atoms with E-state index < -0.39 is 5.97 Å². The van der Waals surface area contributed by atoms with Crippen LogP contribution < -0.4 is 0 Å². The first-order valence-electron chi connectivity index (χ1n) is 5.13. The number of aryl methyl sites for hydroxylation is 1. The summed E-state index contributed by atoms with van der Waals surface area (Å²) in [6.45, 7) is 1.80. The first-order chi connectivity index (χ1) is 8.50. The van der Waals surface area contributed by atoms with Gasteiger partial charge in [-0.1, -0.05) is 29.8 Å². The molecule has 0 bridgehead atoms. The number of rotatable bonds is 3. The fourth-order valence-corrected chi connectivity index (χ4v) is 2.73. The average molecular weight is 281 g/mol. The van der Waals surface area contributed by atoms with Gasteiger partial charge in [-0.15, -0.1) is 11.3 Å². The molecule has 1 N–H and O–H groups in total. The number of benzene rings is 1. The summed E-state index contributed by atoms with van der Waals surface area (Å²) in [5, 5.41) is 9.05. The summed E-state index contributed by atoms with van der Waals surface area (Å²) in [6.07, 6.45) is 0. The van der Waals surface area contributed by atoms with Crippen LogP contribution in [0.2, 0.25) is 4.34 Å². The highest BCUT2D eigenvalue weighted by atomic mass is 35.5. The smallest absolute Gasteiger partial charge is 0.336 e. The van der Waals surface area contributed by atoms with Crippen LogP contribution in [-0.4, -0.2) is 16.9 Å². The maximum absolute atomic E-state index is 12.2. The summed E-state index contributed by atoms with van der Waals surface area (Å²) in [4.78, 5) is 23.7. The third-order valence-electron chi connectivity index (χ3n) is 2.48. The zero-order valence-corrected chi connectivity index (χ0v) is 11.0. The van der Waals surface area contributed by atoms with Crippen molar-refractivity contribution < 1.29 is 14.7 Å². The van der Waals surface area contributed by atoms with Crippen LogP contribution in [-0.2, 0) is 0 Å². The van der Waals surface area contributed by atoms with E-state index in [0.29, 0.717) is 9.21 Å². The molecule has 1 aromatic heterocycles. The molecule has 5 heteroatoms. The largest absolute Gasteiger partial charge is 0.478 e. The average Bonchev–Trinajstić information content (AvgIpc) is 2.68. The van der Waals surface area contributed by atoms with Crippen LogP contribution in [0.5, 0.6) is 0 Å². The minimum Gasteiger partial charge on any atom is -0.478 e. The molecule has 0 fully saturated rings. The minimum absolute atomic E-state index is 0.00433. The van der Waals surface area contributed by atoms with Crippen LogP contribution in [0.15, 0.2) is 30.3 Å². The van der Waals surface area contributed by atoms with Crippen molar-refractivity contribution in [2.75, 3.05) is 0 Å². The second-order valence-electron chi connectivity index (χ2n) is 3.75. The third kappa shape index (κ3) is 2.30. The number of carboxylic acid groups (broad SMARTS) is 1. The van der Waals surface area contributed by atoms with Gasteiger partial charge in [0.15, 0.2) is 0 Å². The van der Waals surface area contributed by atoms with Crippen molar-refractivity contribution in [2.24, 2.45) is 0 Å². The van der Waals surface area contributed by atoms with Gasteiger partial charge in [-0.2, -0.15) is 0 Å². The first kappa shape index (κ1) is 12.8. The van der Waals surface area contributed by atoms with Gasteiger partial charge in [-0.05, 0) is 24.6 Å². The fourth-order valence-electron chi connectivity index (χ4n) is 1.57. The standard InChI is InChI=1S/C13H9ClO3S/c1-7-6-10(18-12(7)14)11(15)8-4-2-3-5-9(8)13(16)17/h2-6H,1H3,(H,16,17). The highest BCUT2D eigenvalue weighted by molar-refractivity contribution is 7.18. The van der Waals surface area contributed by atoms with E-state index in [4.69, 9.17) is 16.7 Å². The minimum atomic E-state index is -1.11. The van der Waals surface area contributed by atoms with E-state index in [1.165, 1.54) is 12.1 Å². The van der Waals surface area contributed by atoms with Crippen molar-refractivity contribution in [3.8, 4) is 0 Å². The quantitative estimate of drug-likeness (QED) is 0.873. The van der Waals surface area contributed by atoms with E-state index in [9.17, 15) is 9.59 Å². The molecule has 0 saturated carbocycles. The molecule has 0 aliphatic rings. The molecule has 0 unspecified atom stereocenters. The topological polar surface area (TPSA) is 54.4 Å². The van der Waals surface area contributed by atoms with Gasteiger partial charge < -0.3 is 5.11 Å². The molecule has 2 aromatic rings. The number of halogens is 1. The zero-order chi connectivity index (χ0) is 13.3. The predicted octanol–water partition coefficient (Wildman–Crippen LogP) is 3.64. The van der Waals surface area contributed by atoms with Gasteiger partial charge in [0.1, 0.15) is 0 Å². The number of carboxylic acids is 1. The SMILES string of the molecule is Cc1cc(C(=O)c2ccccc2C(=O)O)sc1Cl. The Bertz CT molecular complexity index is 611. The Hall–Kier alpha value is -1.65. The number of hydrogen-bond donors (Lipinski definition) is 1. The number of hydrogen-bond acceptors (Lipinski definition) is 3. The third-order valence-corrected chi connectivity index (χ3v) is 4.04. The fraction of sp³-hybridized carbons (Fsp3) is 0.0769. The summed E-state index contributed by atoms with van der Waals surface area (Å²) in [7, 11) is 0. The lowest BCUT2D eigenvalue weighted by molar-refractivity contribution is 0.0693. The lowest BCUT2D eigenvalue weighted by Gasteiger charge is -2.02. The Morgan fingerprint density at radius 1 is 1.22 bits per heavy atom. The number of thiophene rings is 1. The second-order valence-corrected chi connectivity index (χ2v) is 5.40. The van der Waals surface area contributed by atoms with Crippen LogP contribution in [0.25, 0.3) is 0 Å². The van der Waals surface area contributed by atoms with Crippen LogP contribution in [0.1, 0.15) is 31.2 Å². The molecule has 0 spiro atoms. The molecule has 0 aliphatic heterocycles. The van der Waals surface area contributed by atoms with E-state index in [1.54, 1.807) is 25.1 Å². The first-order valence-corrected chi connectivity index (χ1v) is 6.33. The Balaban J connectivity index is 2.49. The molecule has 92 valence electrons. The van der Waals surface area contributed by atoms with Crippen LogP contribution in [0.3, 0.4) is 0 Å². The van der Waals surface area contributed by atoms with Gasteiger partial charge in [0.05, 0.1) is 14.8 Å². The van der Waals surface area contributed by atoms with Gasteiger partial charge in [-0.3, -0.25) is 4.79 Å². The van der Waals surface area contributed by atoms with E-state index in [2.05, 4.69) is 0 Å². The van der Waals surface area contributed by atoms with E-state index in [1.807, 2.05) is 0 Å². The Labute approximate surface area is 113 Å². The molecule has 0 atom stereocenters. The molecule has 18 heavy (non-hydrogen) atoms. The number of carbonyl (C=O) groups is 2. The predicted molar refractivity (Wildman–Crippen MR) is 70.9 cm³/mol. The summed E-state index contributed by atoms with van der Waals surface area (Å²) in [5.74, 6) is -1.42. The molecule has 2 rings (SSSR count). The van der Waals surface area contributed by atoms with Crippen molar-refractivity contribution in [1.82, 2.24) is 0 Å². The number of carbonyl (C=O) groups excluding carboxylic acids is 1. The summed E-state index contributed by atoms with van der Waals surface area (Å²) in [5.41, 5.74) is 1.01. The molecule has 1 aromatic carbocycles. The molecular weight excluding hydrogens is 272 g/mol. The summed E-state index contributed by atoms with van der Waals surface area (Å²) >= 11 is 7.07. The van der Waals surface area contributed by atoms with Gasteiger partial charge in [0.25, 0.3) is 0 Å². The maximum atomic E-state index is 12.2. The Morgan fingerprint density at radius 2 is 1.83 bits per heavy atom. The molecule has 0 saturated heterocycles. The zero-order valence-electron chi connectivity index (χ0n) is 9.44. The number of aromatic carboxylic acids is 1. The number of ketones is 1. The molecule has 3 nitrogen and oxygen atoms in total. The van der Waals surface area contributed by atoms with Crippen molar-refractivity contribution in [1.29, 1.82) is 0 Å². The molecular formula is C13H9ClO3S. The van der Waals surface area contributed by atoms with Crippen LogP contribution in [0, 0.1) is 6.92 Å². The highest BCUT2D eigenvalue weighted by Gasteiger charge is 2.19. The molecule has 0 amide bonds. The van der Waals surface area contributed by atoms with Gasteiger partial charge in [0, 0.05) is 5.56 Å². The van der Waals surface area contributed by atoms with Crippen LogP contribution in [0.4, 0.5) is 0 Å². The molecule has 1 heterocycles. The van der Waals surface area contributed by atoms with Gasteiger partial charge >= 0.3 is 5.97 Å². The highest BCUT2D eigenvalue weighted by Crippen LogP contribution is 2.29. The Kier molecular flexibility index (Phi) is 3.50. The van der Waals surface area contributed by atoms with E-state index in [-0.39, 0.29) is 16.9 Å². The van der Waals surface area contributed by atoms with Crippen molar-refractivity contribution >= 4 is 34.7 Å². The monoisotopic (exact) mass is 280 g/mol. The summed E-state index contributed by atoms with van der Waals surface area (Å²) in [6, 6.07) is 7.83. The Morgan fingerprint density at radius 3 is 2.33 bits per heavy atom. The van der Waals surface area contributed by atoms with Crippen LogP contribution >= 0.6 is 22.9 Å². The lowest BCUT2D eigenvalue weighted by atomic mass is 10.0. The second kappa shape index (κ2) is 4.92. The summed E-state index contributed by atoms with van der Waals surface area (Å²) < 4.78 is 0.547. The molecule has 0 radical (unpaired) electrons.